The van der Waals surface area contributed by atoms with Crippen molar-refractivity contribution in [3.05, 3.63) is 107 Å². The molecular formula is C46H64N6O11S. The van der Waals surface area contributed by atoms with Crippen molar-refractivity contribution < 1.29 is 52.3 Å². The number of rotatable bonds is 36. The van der Waals surface area contributed by atoms with Crippen molar-refractivity contribution in [1.82, 2.24) is 5.32 Å². The van der Waals surface area contributed by atoms with Crippen LogP contribution in [-0.4, -0.2) is 147 Å². The van der Waals surface area contributed by atoms with E-state index in [-0.39, 0.29) is 36.5 Å². The zero-order valence-electron chi connectivity index (χ0n) is 37.0. The Labute approximate surface area is 380 Å². The van der Waals surface area contributed by atoms with Crippen molar-refractivity contribution in [3.8, 4) is 0 Å². The first-order valence-electron chi connectivity index (χ1n) is 21.1. The Morgan fingerprint density at radius 3 is 1.50 bits per heavy atom. The van der Waals surface area contributed by atoms with E-state index in [1.54, 1.807) is 67.2 Å². The van der Waals surface area contributed by atoms with Crippen LogP contribution in [0.2, 0.25) is 0 Å². The number of hydrogen-bond donors (Lipinski definition) is 4. The van der Waals surface area contributed by atoms with Gasteiger partial charge in [-0.2, -0.15) is 0 Å². The molecule has 3 aromatic rings. The first kappa shape index (κ1) is 53.3. The van der Waals surface area contributed by atoms with Gasteiger partial charge in [0.2, 0.25) is 5.91 Å². The average Bonchev–Trinajstić information content (AvgIpc) is 3.30. The summed E-state index contributed by atoms with van der Waals surface area (Å²) in [5.41, 5.74) is 15.3. The number of amides is 2. The number of hydrogen-bond acceptors (Lipinski definition) is 14. The van der Waals surface area contributed by atoms with E-state index in [1.807, 2.05) is 31.2 Å². The molecule has 0 saturated heterocycles. The molecular weight excluding hydrogens is 845 g/mol. The first-order chi connectivity index (χ1) is 31.1. The van der Waals surface area contributed by atoms with Gasteiger partial charge in [-0.15, -0.1) is 22.0 Å². The molecule has 0 radical (unpaired) electrons. The van der Waals surface area contributed by atoms with Gasteiger partial charge in [0.05, 0.1) is 112 Å². The Morgan fingerprint density at radius 1 is 0.578 bits per heavy atom. The summed E-state index contributed by atoms with van der Waals surface area (Å²) < 4.78 is 44.0. The van der Waals surface area contributed by atoms with E-state index in [2.05, 4.69) is 27.4 Å². The van der Waals surface area contributed by atoms with Crippen LogP contribution in [0.3, 0.4) is 0 Å². The molecule has 0 aliphatic rings. The lowest BCUT2D eigenvalue weighted by Crippen LogP contribution is -2.27. The molecule has 3 aromatic carbocycles. The van der Waals surface area contributed by atoms with Gasteiger partial charge in [0.15, 0.2) is 11.6 Å². The van der Waals surface area contributed by atoms with Crippen LogP contribution in [0, 0.1) is 6.92 Å². The molecule has 0 aliphatic heterocycles. The van der Waals surface area contributed by atoms with Gasteiger partial charge in [-0.3, -0.25) is 14.4 Å². The van der Waals surface area contributed by atoms with Crippen LogP contribution in [0.15, 0.2) is 100 Å². The van der Waals surface area contributed by atoms with Crippen LogP contribution in [0.25, 0.3) is 0 Å². The molecule has 350 valence electrons. The number of Topliss-reactive ketones (excluding diaryl/α,β-unsaturated/α-hetero) is 1. The molecule has 6 N–H and O–H groups in total. The Morgan fingerprint density at radius 2 is 1.02 bits per heavy atom. The third-order valence-corrected chi connectivity index (χ3v) is 9.65. The number of nitrogens with zero attached hydrogens (tertiary/aromatic N) is 2. The maximum atomic E-state index is 12.8. The van der Waals surface area contributed by atoms with Crippen LogP contribution in [-0.2, 0) is 42.7 Å². The van der Waals surface area contributed by atoms with Gasteiger partial charge in [0.1, 0.15) is 5.84 Å². The van der Waals surface area contributed by atoms with E-state index in [0.717, 1.165) is 4.90 Å². The number of carbonyl (C=O) groups excluding carboxylic acids is 3. The molecule has 0 bridgehead atoms. The number of carbonyl (C=O) groups is 3. The van der Waals surface area contributed by atoms with Gasteiger partial charge in [-0.25, -0.2) is 0 Å². The van der Waals surface area contributed by atoms with Gasteiger partial charge in [-0.1, -0.05) is 36.4 Å². The highest BCUT2D eigenvalue weighted by atomic mass is 32.2. The Hall–Kier alpha value is -5.02. The molecule has 17 nitrogen and oxygen atoms in total. The fourth-order valence-electron chi connectivity index (χ4n) is 5.13. The second-order valence-corrected chi connectivity index (χ2v) is 14.9. The van der Waals surface area contributed by atoms with E-state index in [0.29, 0.717) is 145 Å². The molecule has 0 aromatic heterocycles. The van der Waals surface area contributed by atoms with E-state index in [9.17, 15) is 14.4 Å². The van der Waals surface area contributed by atoms with Gasteiger partial charge < -0.3 is 60.0 Å². The number of thioether (sulfide) groups is 1. The van der Waals surface area contributed by atoms with Crippen LogP contribution in [0.5, 0.6) is 0 Å². The van der Waals surface area contributed by atoms with Crippen LogP contribution < -0.4 is 22.1 Å². The molecule has 0 fully saturated rings. The number of ether oxygens (including phenoxy) is 8. The molecule has 3 rings (SSSR count). The summed E-state index contributed by atoms with van der Waals surface area (Å²) in [6.07, 6.45) is 0.207. The minimum atomic E-state index is -0.242. The lowest BCUT2D eigenvalue weighted by molar-refractivity contribution is -0.117. The monoisotopic (exact) mass is 908 g/mol. The predicted octanol–water partition coefficient (Wildman–Crippen LogP) is 4.42. The summed E-state index contributed by atoms with van der Waals surface area (Å²) >= 11 is 1.57. The fourth-order valence-corrected chi connectivity index (χ4v) is 5.93. The second-order valence-electron chi connectivity index (χ2n) is 13.9. The number of ketones is 1. The highest BCUT2D eigenvalue weighted by Gasteiger charge is 2.13. The SMILES string of the molecule is C=C(CSc1ccc(C)cc1)C(=O)c1ccc(C(=O)NCCOCCOCCOCCOCCOCCOCCOCCOCCC(=O)Nc2ccc(/C(N)=N/N=C(/C)N)cc2)cc1. The quantitative estimate of drug-likeness (QED) is 0.0121. The third-order valence-electron chi connectivity index (χ3n) is 8.55. The Bertz CT molecular complexity index is 1860. The Kier molecular flexibility index (Phi) is 27.9. The predicted molar refractivity (Wildman–Crippen MR) is 248 cm³/mol. The zero-order chi connectivity index (χ0) is 46.0. The summed E-state index contributed by atoms with van der Waals surface area (Å²) in [5, 5.41) is 13.2. The van der Waals surface area contributed by atoms with Crippen molar-refractivity contribution in [1.29, 1.82) is 0 Å². The number of nitrogens with two attached hydrogens (primary N) is 2. The molecule has 64 heavy (non-hydrogen) atoms. The van der Waals surface area contributed by atoms with Gasteiger partial charge in [-0.05, 0) is 62.4 Å². The maximum Gasteiger partial charge on any atom is 0.251 e. The maximum absolute atomic E-state index is 12.8. The van der Waals surface area contributed by atoms with E-state index in [4.69, 9.17) is 49.4 Å². The molecule has 0 atom stereocenters. The van der Waals surface area contributed by atoms with Gasteiger partial charge in [0, 0.05) is 45.1 Å². The molecule has 2 amide bonds. The van der Waals surface area contributed by atoms with Crippen molar-refractivity contribution in [3.63, 3.8) is 0 Å². The number of benzene rings is 3. The molecule has 18 heteroatoms. The summed E-state index contributed by atoms with van der Waals surface area (Å²) in [6.45, 7) is 14.5. The zero-order valence-corrected chi connectivity index (χ0v) is 37.8. The molecule has 0 aliphatic carbocycles. The van der Waals surface area contributed by atoms with Crippen molar-refractivity contribution in [2.45, 2.75) is 25.2 Å². The molecule has 0 spiro atoms. The van der Waals surface area contributed by atoms with Crippen molar-refractivity contribution in [2.24, 2.45) is 21.7 Å². The van der Waals surface area contributed by atoms with Crippen molar-refractivity contribution >= 4 is 46.7 Å². The van der Waals surface area contributed by atoms with Crippen LogP contribution >= 0.6 is 11.8 Å². The second kappa shape index (κ2) is 33.5. The van der Waals surface area contributed by atoms with E-state index < -0.39 is 0 Å². The molecule has 0 unspecified atom stereocenters. The third kappa shape index (κ3) is 24.7. The van der Waals surface area contributed by atoms with E-state index in [1.165, 1.54) is 5.56 Å². The van der Waals surface area contributed by atoms with Crippen LogP contribution in [0.4, 0.5) is 5.69 Å². The van der Waals surface area contributed by atoms with Crippen LogP contribution in [0.1, 0.15) is 45.2 Å². The summed E-state index contributed by atoms with van der Waals surface area (Å²) in [6, 6.07) is 21.6. The molecule has 0 saturated carbocycles. The summed E-state index contributed by atoms with van der Waals surface area (Å²) in [4.78, 5) is 38.5. The number of amidine groups is 2. The minimum absolute atomic E-state index is 0.135. The fraction of sp³-hybridized carbons (Fsp3) is 0.457. The van der Waals surface area contributed by atoms with E-state index >= 15 is 0 Å². The number of aryl methyl sites for hydroxylation is 1. The minimum Gasteiger partial charge on any atom is -0.386 e. The lowest BCUT2D eigenvalue weighted by Gasteiger charge is -2.09. The summed E-state index contributed by atoms with van der Waals surface area (Å²) in [5.74, 6) is 0.468. The highest BCUT2D eigenvalue weighted by Crippen LogP contribution is 2.22. The molecule has 0 heterocycles. The first-order valence-corrected chi connectivity index (χ1v) is 22.1. The number of nitrogens with one attached hydrogen (secondary N) is 2. The average molecular weight is 909 g/mol. The normalized spacial score (nSPS) is 11.7. The highest BCUT2D eigenvalue weighted by molar-refractivity contribution is 7.99. The van der Waals surface area contributed by atoms with Crippen molar-refractivity contribution in [2.75, 3.05) is 123 Å². The largest absolute Gasteiger partial charge is 0.386 e. The van der Waals surface area contributed by atoms with Gasteiger partial charge >= 0.3 is 0 Å². The topological polar surface area (TPSA) is 226 Å². The Balaban J connectivity index is 1.00. The smallest absolute Gasteiger partial charge is 0.251 e. The number of anilines is 1. The lowest BCUT2D eigenvalue weighted by atomic mass is 10.0. The standard InChI is InChI=1S/C46H64N6O11S/c1-35-4-14-42(15-5-35)64-34-36(2)44(54)38-6-8-40(9-7-38)46(55)49-17-19-57-21-23-59-25-27-61-29-31-63-33-32-62-30-28-60-26-24-58-22-20-56-18-16-43(53)50-41-12-10-39(11-13-41)45(48)52-51-37(3)47/h4-15H,2,16-34H2,1,3H3,(H2,47,51)(H2,48,52)(H,49,55)(H,50,53). The van der Waals surface area contributed by atoms with Gasteiger partial charge in [0.25, 0.3) is 5.91 Å². The summed E-state index contributed by atoms with van der Waals surface area (Å²) in [7, 11) is 0.